The average Bonchev–Trinajstić information content (AvgIpc) is 2.42. The second-order valence-electron chi connectivity index (χ2n) is 3.90. The third-order valence-corrected chi connectivity index (χ3v) is 3.07. The van der Waals surface area contributed by atoms with E-state index >= 15 is 0 Å². The number of benzene rings is 1. The Labute approximate surface area is 122 Å². The number of pyridine rings is 1. The van der Waals surface area contributed by atoms with Crippen LogP contribution in [0.2, 0.25) is 0 Å². The molecule has 0 spiro atoms. The monoisotopic (exact) mass is 314 g/mol. The van der Waals surface area contributed by atoms with Crippen LogP contribution in [0.25, 0.3) is 0 Å². The van der Waals surface area contributed by atoms with Crippen LogP contribution in [-0.2, 0) is 0 Å². The molecule has 0 fully saturated rings. The van der Waals surface area contributed by atoms with Gasteiger partial charge in [0.2, 0.25) is 0 Å². The molecule has 110 valence electrons. The molecule has 0 aliphatic carbocycles. The molecule has 0 aliphatic rings. The van der Waals surface area contributed by atoms with E-state index in [1.165, 1.54) is 12.3 Å². The Morgan fingerprint density at radius 3 is 2.62 bits per heavy atom. The van der Waals surface area contributed by atoms with Crippen LogP contribution in [0.3, 0.4) is 0 Å². The number of phenols is 1. The maximum absolute atomic E-state index is 12.3. The van der Waals surface area contributed by atoms with Crippen molar-refractivity contribution in [3.63, 3.8) is 0 Å². The lowest BCUT2D eigenvalue weighted by molar-refractivity contribution is -0.0328. The van der Waals surface area contributed by atoms with E-state index in [-0.39, 0.29) is 33.8 Å². The molecule has 1 heterocycles. The molecule has 0 atom stereocenters. The van der Waals surface area contributed by atoms with Gasteiger partial charge in [0.25, 0.3) is 5.91 Å². The second-order valence-corrected chi connectivity index (χ2v) is 5.03. The topological polar surface area (TPSA) is 62.2 Å². The van der Waals surface area contributed by atoms with E-state index in [2.05, 4.69) is 10.3 Å². The minimum Gasteiger partial charge on any atom is -0.506 e. The van der Waals surface area contributed by atoms with Crippen molar-refractivity contribution in [3.8, 4) is 5.75 Å². The molecule has 8 heteroatoms. The Balaban J connectivity index is 2.20. The highest BCUT2D eigenvalue weighted by Crippen LogP contribution is 2.39. The van der Waals surface area contributed by atoms with Crippen molar-refractivity contribution in [1.82, 2.24) is 4.98 Å². The lowest BCUT2D eigenvalue weighted by Gasteiger charge is -2.10. The molecule has 1 aromatic heterocycles. The highest BCUT2D eigenvalue weighted by Gasteiger charge is 2.29. The van der Waals surface area contributed by atoms with Crippen molar-refractivity contribution >= 4 is 23.4 Å². The summed E-state index contributed by atoms with van der Waals surface area (Å²) in [5.41, 5.74) is -4.47. The first-order valence-corrected chi connectivity index (χ1v) is 6.48. The van der Waals surface area contributed by atoms with Crippen LogP contribution in [0.5, 0.6) is 5.75 Å². The quantitative estimate of drug-likeness (QED) is 0.670. The molecule has 0 bridgehead atoms. The number of amides is 1. The largest absolute Gasteiger partial charge is 0.506 e. The predicted molar refractivity (Wildman–Crippen MR) is 72.2 cm³/mol. The van der Waals surface area contributed by atoms with Crippen LogP contribution in [0.4, 0.5) is 18.9 Å². The molecule has 4 nitrogen and oxygen atoms in total. The fourth-order valence-electron chi connectivity index (χ4n) is 1.50. The number of alkyl halides is 3. The fraction of sp³-hybridized carbons (Fsp3) is 0.0769. The average molecular weight is 314 g/mol. The molecule has 1 amide bonds. The molecule has 0 saturated carbocycles. The fourth-order valence-corrected chi connectivity index (χ4v) is 2.08. The summed E-state index contributed by atoms with van der Waals surface area (Å²) in [7, 11) is 0. The Bertz CT molecular complexity index is 648. The van der Waals surface area contributed by atoms with Gasteiger partial charge in [-0.15, -0.1) is 0 Å². The number of carbonyl (C=O) groups excluding carboxylic acids is 1. The number of anilines is 1. The lowest BCUT2D eigenvalue weighted by Crippen LogP contribution is -2.13. The molecule has 2 rings (SSSR count). The van der Waals surface area contributed by atoms with Crippen molar-refractivity contribution < 1.29 is 23.1 Å². The number of nitrogens with zero attached hydrogens (tertiary/aromatic N) is 1. The SMILES string of the molecule is O=C(Nc1cc(SC(F)(F)F)ccc1O)c1ccccn1. The predicted octanol–water partition coefficient (Wildman–Crippen LogP) is 3.65. The van der Waals surface area contributed by atoms with E-state index in [4.69, 9.17) is 0 Å². The maximum atomic E-state index is 12.3. The summed E-state index contributed by atoms with van der Waals surface area (Å²) in [6.45, 7) is 0. The van der Waals surface area contributed by atoms with Crippen LogP contribution in [0.15, 0.2) is 47.5 Å². The van der Waals surface area contributed by atoms with Gasteiger partial charge in [-0.1, -0.05) is 6.07 Å². The molecular weight excluding hydrogens is 305 g/mol. The van der Waals surface area contributed by atoms with Gasteiger partial charge in [-0.2, -0.15) is 13.2 Å². The van der Waals surface area contributed by atoms with E-state index in [1.807, 2.05) is 0 Å². The maximum Gasteiger partial charge on any atom is 0.446 e. The van der Waals surface area contributed by atoms with Gasteiger partial charge in [0.1, 0.15) is 11.4 Å². The standard InChI is InChI=1S/C13H9F3N2O2S/c14-13(15,16)21-8-4-5-11(19)10(7-8)18-12(20)9-3-1-2-6-17-9/h1-7,19H,(H,18,20). The zero-order valence-corrected chi connectivity index (χ0v) is 11.2. The summed E-state index contributed by atoms with van der Waals surface area (Å²) in [6.07, 6.45) is 1.41. The van der Waals surface area contributed by atoms with E-state index in [0.717, 1.165) is 18.2 Å². The number of thioether (sulfide) groups is 1. The number of halogens is 3. The van der Waals surface area contributed by atoms with Gasteiger partial charge < -0.3 is 10.4 Å². The summed E-state index contributed by atoms with van der Waals surface area (Å²) in [5.74, 6) is -0.953. The van der Waals surface area contributed by atoms with E-state index in [9.17, 15) is 23.1 Å². The first kappa shape index (κ1) is 15.2. The zero-order valence-electron chi connectivity index (χ0n) is 10.4. The Morgan fingerprint density at radius 2 is 2.00 bits per heavy atom. The highest BCUT2D eigenvalue weighted by atomic mass is 32.2. The first-order chi connectivity index (χ1) is 9.85. The molecule has 2 aromatic rings. The molecule has 0 saturated heterocycles. The number of carbonyl (C=O) groups is 1. The zero-order chi connectivity index (χ0) is 15.5. The lowest BCUT2D eigenvalue weighted by atomic mass is 10.2. The molecule has 0 aliphatic heterocycles. The minimum atomic E-state index is -4.45. The summed E-state index contributed by atoms with van der Waals surface area (Å²) in [6, 6.07) is 7.91. The van der Waals surface area contributed by atoms with Crippen molar-refractivity contribution in [1.29, 1.82) is 0 Å². The van der Waals surface area contributed by atoms with Gasteiger partial charge in [-0.3, -0.25) is 9.78 Å². The number of aromatic hydroxyl groups is 1. The van der Waals surface area contributed by atoms with Crippen molar-refractivity contribution in [3.05, 3.63) is 48.3 Å². The first-order valence-electron chi connectivity index (χ1n) is 5.66. The summed E-state index contributed by atoms with van der Waals surface area (Å²) >= 11 is -0.332. The van der Waals surface area contributed by atoms with Gasteiger partial charge in [0, 0.05) is 11.1 Å². The number of rotatable bonds is 3. The molecule has 1 aromatic carbocycles. The van der Waals surface area contributed by atoms with Gasteiger partial charge in [0.05, 0.1) is 5.69 Å². The Hall–Kier alpha value is -2.22. The number of phenolic OH excluding ortho intramolecular Hbond substituents is 1. The number of hydrogen-bond donors (Lipinski definition) is 2. The van der Waals surface area contributed by atoms with E-state index in [1.54, 1.807) is 12.1 Å². The minimum absolute atomic E-state index is 0.0887. The smallest absolute Gasteiger partial charge is 0.446 e. The number of hydrogen-bond acceptors (Lipinski definition) is 4. The number of nitrogens with one attached hydrogen (secondary N) is 1. The van der Waals surface area contributed by atoms with Crippen LogP contribution in [0, 0.1) is 0 Å². The molecule has 2 N–H and O–H groups in total. The third-order valence-electron chi connectivity index (χ3n) is 2.35. The molecule has 0 radical (unpaired) electrons. The van der Waals surface area contributed by atoms with E-state index in [0.29, 0.717) is 0 Å². The van der Waals surface area contributed by atoms with Crippen LogP contribution in [0.1, 0.15) is 10.5 Å². The van der Waals surface area contributed by atoms with Crippen molar-refractivity contribution in [2.24, 2.45) is 0 Å². The van der Waals surface area contributed by atoms with Gasteiger partial charge >= 0.3 is 5.51 Å². The van der Waals surface area contributed by atoms with Gasteiger partial charge in [0.15, 0.2) is 0 Å². The van der Waals surface area contributed by atoms with Crippen molar-refractivity contribution in [2.75, 3.05) is 5.32 Å². The molecule has 21 heavy (non-hydrogen) atoms. The highest BCUT2D eigenvalue weighted by molar-refractivity contribution is 8.00. The number of aromatic nitrogens is 1. The van der Waals surface area contributed by atoms with Gasteiger partial charge in [-0.25, -0.2) is 0 Å². The summed E-state index contributed by atoms with van der Waals surface area (Å²) < 4.78 is 36.9. The summed E-state index contributed by atoms with van der Waals surface area (Å²) in [5, 5.41) is 11.9. The summed E-state index contributed by atoms with van der Waals surface area (Å²) in [4.78, 5) is 15.5. The Kier molecular flexibility index (Phi) is 4.37. The molecule has 0 unspecified atom stereocenters. The third kappa shape index (κ3) is 4.38. The van der Waals surface area contributed by atoms with E-state index < -0.39 is 11.4 Å². The molecular formula is C13H9F3N2O2S. The van der Waals surface area contributed by atoms with Crippen LogP contribution >= 0.6 is 11.8 Å². The van der Waals surface area contributed by atoms with Crippen LogP contribution < -0.4 is 5.32 Å². The van der Waals surface area contributed by atoms with Crippen LogP contribution in [-0.4, -0.2) is 21.5 Å². The Morgan fingerprint density at radius 1 is 1.24 bits per heavy atom. The second kappa shape index (κ2) is 6.04. The normalized spacial score (nSPS) is 11.2. The van der Waals surface area contributed by atoms with Crippen molar-refractivity contribution in [2.45, 2.75) is 10.4 Å². The van der Waals surface area contributed by atoms with Gasteiger partial charge in [-0.05, 0) is 42.1 Å².